The zero-order valence-electron chi connectivity index (χ0n) is 16.0. The third-order valence-corrected chi connectivity index (χ3v) is 4.75. The Bertz CT molecular complexity index is 828. The number of carbonyl (C=O) groups excluding carboxylic acids is 2. The van der Waals surface area contributed by atoms with Gasteiger partial charge in [-0.15, -0.1) is 12.4 Å². The lowest BCUT2D eigenvalue weighted by molar-refractivity contribution is -0.120. The van der Waals surface area contributed by atoms with Gasteiger partial charge >= 0.3 is 0 Å². The smallest absolute Gasteiger partial charge is 0.257 e. The number of ether oxygens (including phenoxy) is 1. The van der Waals surface area contributed by atoms with Gasteiger partial charge < -0.3 is 20.7 Å². The predicted molar refractivity (Wildman–Crippen MR) is 113 cm³/mol. The molecule has 0 saturated carbocycles. The van der Waals surface area contributed by atoms with Crippen molar-refractivity contribution in [2.75, 3.05) is 24.3 Å². The van der Waals surface area contributed by atoms with Crippen LogP contribution in [0.2, 0.25) is 0 Å². The van der Waals surface area contributed by atoms with Crippen LogP contribution in [0.4, 0.5) is 11.4 Å². The summed E-state index contributed by atoms with van der Waals surface area (Å²) in [6.07, 6.45) is 1.60. The molecule has 7 heteroatoms. The maximum atomic E-state index is 12.7. The van der Waals surface area contributed by atoms with Crippen molar-refractivity contribution in [2.24, 2.45) is 5.92 Å². The summed E-state index contributed by atoms with van der Waals surface area (Å²) in [6, 6.07) is 14.5. The van der Waals surface area contributed by atoms with Crippen LogP contribution in [-0.4, -0.2) is 31.5 Å². The maximum absolute atomic E-state index is 12.7. The number of amides is 2. The first-order valence-corrected chi connectivity index (χ1v) is 9.15. The van der Waals surface area contributed by atoms with Crippen molar-refractivity contribution in [1.29, 1.82) is 0 Å². The molecular formula is C21H26ClN3O3. The van der Waals surface area contributed by atoms with Gasteiger partial charge in [0.15, 0.2) is 0 Å². The lowest BCUT2D eigenvalue weighted by atomic mass is 9.92. The predicted octanol–water partition coefficient (Wildman–Crippen LogP) is 3.70. The molecule has 1 aliphatic heterocycles. The second-order valence-electron chi connectivity index (χ2n) is 6.80. The summed E-state index contributed by atoms with van der Waals surface area (Å²) in [5.74, 6) is 0.299. The molecule has 1 heterocycles. The Kier molecular flexibility index (Phi) is 7.84. The van der Waals surface area contributed by atoms with Crippen molar-refractivity contribution in [3.8, 4) is 5.75 Å². The van der Waals surface area contributed by atoms with Crippen molar-refractivity contribution in [3.63, 3.8) is 0 Å². The van der Waals surface area contributed by atoms with E-state index in [1.54, 1.807) is 43.5 Å². The molecule has 3 rings (SSSR count). The fourth-order valence-electron chi connectivity index (χ4n) is 3.29. The molecule has 28 heavy (non-hydrogen) atoms. The average Bonchev–Trinajstić information content (AvgIpc) is 2.68. The van der Waals surface area contributed by atoms with Crippen LogP contribution in [0.1, 0.15) is 30.1 Å². The second kappa shape index (κ2) is 10.1. The summed E-state index contributed by atoms with van der Waals surface area (Å²) >= 11 is 0. The van der Waals surface area contributed by atoms with Gasteiger partial charge in [-0.05, 0) is 50.6 Å². The normalized spacial score (nSPS) is 18.5. The molecule has 2 aromatic carbocycles. The lowest BCUT2D eigenvalue weighted by Gasteiger charge is -2.27. The number of rotatable bonds is 5. The van der Waals surface area contributed by atoms with Crippen molar-refractivity contribution in [1.82, 2.24) is 5.32 Å². The van der Waals surface area contributed by atoms with Crippen LogP contribution in [0.15, 0.2) is 48.5 Å². The quantitative estimate of drug-likeness (QED) is 0.711. The van der Waals surface area contributed by atoms with Crippen LogP contribution in [-0.2, 0) is 4.79 Å². The minimum absolute atomic E-state index is 0. The number of nitrogens with one attached hydrogen (secondary N) is 3. The number of hydrogen-bond acceptors (Lipinski definition) is 4. The van der Waals surface area contributed by atoms with Gasteiger partial charge in [-0.2, -0.15) is 0 Å². The van der Waals surface area contributed by atoms with E-state index in [4.69, 9.17) is 4.74 Å². The Morgan fingerprint density at radius 1 is 1.11 bits per heavy atom. The monoisotopic (exact) mass is 403 g/mol. The number of piperidine rings is 1. The first-order chi connectivity index (χ1) is 13.1. The zero-order valence-corrected chi connectivity index (χ0v) is 16.8. The van der Waals surface area contributed by atoms with E-state index in [1.807, 2.05) is 12.1 Å². The molecule has 2 atom stereocenters. The number of carbonyl (C=O) groups is 2. The SMILES string of the molecule is COc1cccc(NC(=O)c2ccccc2NC(=O)[C@H]2CCN[C@@H](C)C2)c1.Cl. The maximum Gasteiger partial charge on any atom is 0.257 e. The molecule has 1 saturated heterocycles. The van der Waals surface area contributed by atoms with Crippen LogP contribution >= 0.6 is 12.4 Å². The largest absolute Gasteiger partial charge is 0.497 e. The standard InChI is InChI=1S/C21H25N3O3.ClH/c1-14-12-15(10-11-22-14)20(25)24-19-9-4-3-8-18(19)21(26)23-16-6-5-7-17(13-16)27-2;/h3-9,13-15,22H,10-12H2,1-2H3,(H,23,26)(H,24,25);1H/t14-,15-;/m0./s1. The fourth-order valence-corrected chi connectivity index (χ4v) is 3.29. The van der Waals surface area contributed by atoms with Gasteiger partial charge in [-0.3, -0.25) is 9.59 Å². The highest BCUT2D eigenvalue weighted by Gasteiger charge is 2.25. The molecule has 2 amide bonds. The van der Waals surface area contributed by atoms with E-state index in [9.17, 15) is 9.59 Å². The molecular weight excluding hydrogens is 378 g/mol. The molecule has 0 spiro atoms. The summed E-state index contributed by atoms with van der Waals surface area (Å²) in [6.45, 7) is 2.91. The highest BCUT2D eigenvalue weighted by Crippen LogP contribution is 2.23. The molecule has 1 fully saturated rings. The van der Waals surface area contributed by atoms with Crippen molar-refractivity contribution >= 4 is 35.6 Å². The van der Waals surface area contributed by atoms with Gasteiger partial charge in [0, 0.05) is 23.7 Å². The van der Waals surface area contributed by atoms with Crippen molar-refractivity contribution < 1.29 is 14.3 Å². The summed E-state index contributed by atoms with van der Waals surface area (Å²) in [7, 11) is 1.58. The van der Waals surface area contributed by atoms with E-state index < -0.39 is 0 Å². The highest BCUT2D eigenvalue weighted by molar-refractivity contribution is 6.10. The number of benzene rings is 2. The third kappa shape index (κ3) is 5.47. The van der Waals surface area contributed by atoms with Crippen LogP contribution in [0.25, 0.3) is 0 Å². The molecule has 0 aromatic heterocycles. The van der Waals surface area contributed by atoms with Gasteiger partial charge in [0.2, 0.25) is 5.91 Å². The molecule has 6 nitrogen and oxygen atoms in total. The number of anilines is 2. The van der Waals surface area contributed by atoms with Gasteiger partial charge in [0.1, 0.15) is 5.75 Å². The van der Waals surface area contributed by atoms with Crippen LogP contribution in [0.5, 0.6) is 5.75 Å². The Balaban J connectivity index is 0.00000280. The lowest BCUT2D eigenvalue weighted by Crippen LogP contribution is -2.40. The minimum atomic E-state index is -0.280. The molecule has 1 aliphatic rings. The van der Waals surface area contributed by atoms with Crippen molar-refractivity contribution in [3.05, 3.63) is 54.1 Å². The van der Waals surface area contributed by atoms with Crippen molar-refractivity contribution in [2.45, 2.75) is 25.8 Å². The molecule has 0 aliphatic carbocycles. The fraction of sp³-hybridized carbons (Fsp3) is 0.333. The molecule has 0 bridgehead atoms. The molecule has 150 valence electrons. The van der Waals surface area contributed by atoms with E-state index in [-0.39, 0.29) is 30.1 Å². The molecule has 3 N–H and O–H groups in total. The topological polar surface area (TPSA) is 79.5 Å². The summed E-state index contributed by atoms with van der Waals surface area (Å²) in [4.78, 5) is 25.4. The number of methoxy groups -OCH3 is 1. The van der Waals surface area contributed by atoms with E-state index in [0.29, 0.717) is 28.7 Å². The van der Waals surface area contributed by atoms with Crippen LogP contribution in [0.3, 0.4) is 0 Å². The van der Waals surface area contributed by atoms with Gasteiger partial charge in [-0.1, -0.05) is 18.2 Å². The molecule has 0 radical (unpaired) electrons. The van der Waals surface area contributed by atoms with E-state index in [1.165, 1.54) is 0 Å². The van der Waals surface area contributed by atoms with Gasteiger partial charge in [0.25, 0.3) is 5.91 Å². The van der Waals surface area contributed by atoms with Gasteiger partial charge in [0.05, 0.1) is 18.4 Å². The number of para-hydroxylation sites is 1. The molecule has 0 unspecified atom stereocenters. The summed E-state index contributed by atoms with van der Waals surface area (Å²) in [5.41, 5.74) is 1.58. The first kappa shape index (κ1) is 21.7. The van der Waals surface area contributed by atoms with Gasteiger partial charge in [-0.25, -0.2) is 0 Å². The molecule has 2 aromatic rings. The van der Waals surface area contributed by atoms with Crippen LogP contribution < -0.4 is 20.7 Å². The number of halogens is 1. The Morgan fingerprint density at radius 2 is 1.89 bits per heavy atom. The summed E-state index contributed by atoms with van der Waals surface area (Å²) in [5, 5.41) is 9.13. The summed E-state index contributed by atoms with van der Waals surface area (Å²) < 4.78 is 5.18. The first-order valence-electron chi connectivity index (χ1n) is 9.15. The van der Waals surface area contributed by atoms with E-state index in [0.717, 1.165) is 19.4 Å². The minimum Gasteiger partial charge on any atom is -0.497 e. The zero-order chi connectivity index (χ0) is 19.2. The Hall–Kier alpha value is -2.57. The average molecular weight is 404 g/mol. The number of hydrogen-bond donors (Lipinski definition) is 3. The van der Waals surface area contributed by atoms with E-state index in [2.05, 4.69) is 22.9 Å². The van der Waals surface area contributed by atoms with E-state index >= 15 is 0 Å². The Labute approximate surface area is 171 Å². The second-order valence-corrected chi connectivity index (χ2v) is 6.80. The van der Waals surface area contributed by atoms with Crippen LogP contribution in [0, 0.1) is 5.92 Å². The Morgan fingerprint density at radius 3 is 2.64 bits per heavy atom. The highest BCUT2D eigenvalue weighted by atomic mass is 35.5. The third-order valence-electron chi connectivity index (χ3n) is 4.75.